The van der Waals surface area contributed by atoms with Crippen molar-refractivity contribution in [2.24, 2.45) is 16.3 Å². The molecule has 0 bridgehead atoms. The van der Waals surface area contributed by atoms with Gasteiger partial charge in [0.1, 0.15) is 5.84 Å². The average Bonchev–Trinajstić information content (AvgIpc) is 2.60. The van der Waals surface area contributed by atoms with Crippen molar-refractivity contribution in [1.29, 1.82) is 0 Å². The summed E-state index contributed by atoms with van der Waals surface area (Å²) in [5.41, 5.74) is 0.0870. The van der Waals surface area contributed by atoms with Gasteiger partial charge in [-0.05, 0) is 12.3 Å². The van der Waals surface area contributed by atoms with E-state index < -0.39 is 6.10 Å². The van der Waals surface area contributed by atoms with E-state index in [2.05, 4.69) is 32.7 Å². The van der Waals surface area contributed by atoms with Gasteiger partial charge in [-0.3, -0.25) is 9.79 Å². The van der Waals surface area contributed by atoms with Crippen LogP contribution in [-0.4, -0.2) is 47.4 Å². The van der Waals surface area contributed by atoms with E-state index in [-0.39, 0.29) is 23.2 Å². The van der Waals surface area contributed by atoms with Crippen LogP contribution in [0.3, 0.4) is 0 Å². The van der Waals surface area contributed by atoms with Crippen LogP contribution >= 0.6 is 0 Å². The highest BCUT2D eigenvalue weighted by atomic mass is 16.3. The van der Waals surface area contributed by atoms with E-state index in [1.807, 2.05) is 4.90 Å². The van der Waals surface area contributed by atoms with E-state index in [1.165, 1.54) is 0 Å². The number of Topliss-reactive ketones (excluding diaryl/α,β-unsaturated/α-hetero) is 1. The Morgan fingerprint density at radius 3 is 2.39 bits per heavy atom. The molecule has 1 N–H and O–H groups in total. The highest BCUT2D eigenvalue weighted by Crippen LogP contribution is 2.31. The zero-order valence-electron chi connectivity index (χ0n) is 12.4. The minimum atomic E-state index is -0.428. The third kappa shape index (κ3) is 3.10. The van der Waals surface area contributed by atoms with E-state index in [9.17, 15) is 9.90 Å². The number of likely N-dealkylation sites (tertiary alicyclic amines) is 1. The van der Waals surface area contributed by atoms with E-state index in [4.69, 9.17) is 0 Å². The molecule has 0 saturated carbocycles. The van der Waals surface area contributed by atoms with Crippen molar-refractivity contribution < 1.29 is 9.90 Å². The van der Waals surface area contributed by atoms with Gasteiger partial charge >= 0.3 is 0 Å². The van der Waals surface area contributed by atoms with Crippen LogP contribution in [0.2, 0.25) is 0 Å². The molecule has 0 spiro atoms. The zero-order chi connectivity index (χ0) is 14.1. The van der Waals surface area contributed by atoms with Crippen LogP contribution in [0.1, 0.15) is 41.0 Å². The maximum Gasteiger partial charge on any atom is 0.152 e. The number of hydrogen-bond donors (Lipinski definition) is 1. The molecular formula is C14H26N2O2. The molecule has 3 atom stereocenters. The highest BCUT2D eigenvalue weighted by molar-refractivity contribution is 5.92. The van der Waals surface area contributed by atoms with Gasteiger partial charge < -0.3 is 10.0 Å². The molecule has 1 unspecified atom stereocenters. The molecule has 4 nitrogen and oxygen atoms in total. The largest absolute Gasteiger partial charge is 0.391 e. The third-order valence-corrected chi connectivity index (χ3v) is 3.96. The summed E-state index contributed by atoms with van der Waals surface area (Å²) < 4.78 is 0. The topological polar surface area (TPSA) is 52.9 Å². The molecule has 0 aliphatic carbocycles. The van der Waals surface area contributed by atoms with Crippen molar-refractivity contribution in [2.45, 2.75) is 53.2 Å². The molecule has 0 aromatic heterocycles. The SMILES string of the molecule is CN=C([C@@H](C)C(C)(C)C)N1CC(O)C[C@H]1C(C)=O. The van der Waals surface area contributed by atoms with Crippen molar-refractivity contribution in [3.05, 3.63) is 0 Å². The Hall–Kier alpha value is -0.900. The smallest absolute Gasteiger partial charge is 0.152 e. The first-order valence-electron chi connectivity index (χ1n) is 6.60. The molecule has 1 saturated heterocycles. The quantitative estimate of drug-likeness (QED) is 0.603. The van der Waals surface area contributed by atoms with Gasteiger partial charge in [0, 0.05) is 25.9 Å². The molecule has 0 radical (unpaired) electrons. The summed E-state index contributed by atoms with van der Waals surface area (Å²) in [6, 6.07) is -0.219. The Morgan fingerprint density at radius 1 is 1.44 bits per heavy atom. The highest BCUT2D eigenvalue weighted by Gasteiger charge is 2.39. The van der Waals surface area contributed by atoms with Crippen LogP contribution < -0.4 is 0 Å². The average molecular weight is 254 g/mol. The van der Waals surface area contributed by atoms with Gasteiger partial charge in [-0.2, -0.15) is 0 Å². The Balaban J connectivity index is 2.99. The van der Waals surface area contributed by atoms with Crippen LogP contribution in [0.25, 0.3) is 0 Å². The molecule has 0 aromatic carbocycles. The number of aliphatic imine (C=N–C) groups is 1. The van der Waals surface area contributed by atoms with Crippen molar-refractivity contribution in [3.8, 4) is 0 Å². The zero-order valence-corrected chi connectivity index (χ0v) is 12.4. The fourth-order valence-corrected chi connectivity index (χ4v) is 2.41. The van der Waals surface area contributed by atoms with E-state index in [1.54, 1.807) is 14.0 Å². The second kappa shape index (κ2) is 5.39. The van der Waals surface area contributed by atoms with Gasteiger partial charge in [-0.25, -0.2) is 0 Å². The second-order valence-corrected chi connectivity index (χ2v) is 6.34. The number of aliphatic hydroxyl groups is 1. The molecule has 1 fully saturated rings. The molecule has 1 rings (SSSR count). The number of β-amino-alcohol motifs (C(OH)–C–C–N with tert-alkyl or cyclic N) is 1. The molecule has 1 aliphatic rings. The van der Waals surface area contributed by atoms with Gasteiger partial charge in [0.15, 0.2) is 5.78 Å². The molecule has 0 aromatic rings. The van der Waals surface area contributed by atoms with Crippen molar-refractivity contribution >= 4 is 11.6 Å². The van der Waals surface area contributed by atoms with Crippen LogP contribution in [-0.2, 0) is 4.79 Å². The molecule has 1 heterocycles. The van der Waals surface area contributed by atoms with Gasteiger partial charge in [-0.15, -0.1) is 0 Å². The Morgan fingerprint density at radius 2 is 2.00 bits per heavy atom. The predicted molar refractivity (Wildman–Crippen MR) is 73.8 cm³/mol. The minimum absolute atomic E-state index is 0.0870. The standard InChI is InChI=1S/C14H26N2O2/c1-9(14(3,4)5)13(15-6)16-8-11(18)7-12(16)10(2)17/h9,11-12,18H,7-8H2,1-6H3/t9-,11?,12+/m1/s1. The normalized spacial score (nSPS) is 27.5. The molecule has 4 heteroatoms. The Bertz CT molecular complexity index is 344. The maximum atomic E-state index is 11.7. The lowest BCUT2D eigenvalue weighted by atomic mass is 9.80. The molecule has 0 amide bonds. The summed E-state index contributed by atoms with van der Waals surface area (Å²) in [5.74, 6) is 1.28. The van der Waals surface area contributed by atoms with Crippen molar-refractivity contribution in [3.63, 3.8) is 0 Å². The first kappa shape index (κ1) is 15.2. The number of nitrogens with zero attached hydrogens (tertiary/aromatic N) is 2. The van der Waals surface area contributed by atoms with Crippen molar-refractivity contribution in [2.75, 3.05) is 13.6 Å². The number of amidine groups is 1. The molecular weight excluding hydrogens is 228 g/mol. The summed E-state index contributed by atoms with van der Waals surface area (Å²) in [4.78, 5) is 18.1. The van der Waals surface area contributed by atoms with Gasteiger partial charge in [0.25, 0.3) is 0 Å². The number of carbonyl (C=O) groups is 1. The van der Waals surface area contributed by atoms with Crippen molar-refractivity contribution in [1.82, 2.24) is 4.90 Å². The summed E-state index contributed by atoms with van der Waals surface area (Å²) in [6.45, 7) is 10.7. The Kier molecular flexibility index (Phi) is 4.54. The van der Waals surface area contributed by atoms with Crippen LogP contribution in [0, 0.1) is 11.3 Å². The first-order valence-corrected chi connectivity index (χ1v) is 6.60. The first-order chi connectivity index (χ1) is 8.18. The third-order valence-electron chi connectivity index (χ3n) is 3.96. The summed E-state index contributed by atoms with van der Waals surface area (Å²) in [5, 5.41) is 9.80. The molecule has 1 aliphatic heterocycles. The van der Waals surface area contributed by atoms with E-state index >= 15 is 0 Å². The van der Waals surface area contributed by atoms with Gasteiger partial charge in [-0.1, -0.05) is 27.7 Å². The molecule has 18 heavy (non-hydrogen) atoms. The number of hydrogen-bond acceptors (Lipinski definition) is 3. The number of rotatable bonds is 2. The van der Waals surface area contributed by atoms with Gasteiger partial charge in [0.05, 0.1) is 12.1 Å². The monoisotopic (exact) mass is 254 g/mol. The second-order valence-electron chi connectivity index (χ2n) is 6.34. The Labute approximate surface area is 110 Å². The minimum Gasteiger partial charge on any atom is -0.391 e. The summed E-state index contributed by atoms with van der Waals surface area (Å²) in [7, 11) is 1.76. The fraction of sp³-hybridized carbons (Fsp3) is 0.857. The van der Waals surface area contributed by atoms with Crippen LogP contribution in [0.4, 0.5) is 0 Å². The van der Waals surface area contributed by atoms with Gasteiger partial charge in [0.2, 0.25) is 0 Å². The number of aliphatic hydroxyl groups excluding tert-OH is 1. The maximum absolute atomic E-state index is 11.7. The van der Waals surface area contributed by atoms with E-state index in [0.717, 1.165) is 5.84 Å². The summed E-state index contributed by atoms with van der Waals surface area (Å²) in [6.07, 6.45) is 0.0911. The lowest BCUT2D eigenvalue weighted by Gasteiger charge is -2.35. The summed E-state index contributed by atoms with van der Waals surface area (Å²) >= 11 is 0. The van der Waals surface area contributed by atoms with E-state index in [0.29, 0.717) is 13.0 Å². The fourth-order valence-electron chi connectivity index (χ4n) is 2.41. The lowest BCUT2D eigenvalue weighted by Crippen LogP contribution is -2.45. The van der Waals surface area contributed by atoms with Crippen LogP contribution in [0.5, 0.6) is 0 Å². The molecule has 104 valence electrons. The van der Waals surface area contributed by atoms with Crippen LogP contribution in [0.15, 0.2) is 4.99 Å². The number of ketones is 1. The number of carbonyl (C=O) groups excluding carboxylic acids is 1. The lowest BCUT2D eigenvalue weighted by molar-refractivity contribution is -0.120. The predicted octanol–water partition coefficient (Wildman–Crippen LogP) is 1.72.